The average Bonchev–Trinajstić information content (AvgIpc) is 2.51. The third-order valence-electron chi connectivity index (χ3n) is 4.05. The predicted octanol–water partition coefficient (Wildman–Crippen LogP) is 3.59. The maximum atomic E-state index is 12.5. The van der Waals surface area contributed by atoms with Crippen molar-refractivity contribution in [1.29, 1.82) is 0 Å². The van der Waals surface area contributed by atoms with Crippen LogP contribution >= 0.6 is 0 Å². The first-order chi connectivity index (χ1) is 11.2. The van der Waals surface area contributed by atoms with Crippen LogP contribution in [0.3, 0.4) is 0 Å². The molecular weight excluding hydrogens is 322 g/mol. The molecule has 0 heterocycles. The Hall–Kier alpha value is -2.14. The Morgan fingerprint density at radius 2 is 1.71 bits per heavy atom. The Kier molecular flexibility index (Phi) is 5.44. The highest BCUT2D eigenvalue weighted by Gasteiger charge is 2.16. The molecule has 0 spiro atoms. The summed E-state index contributed by atoms with van der Waals surface area (Å²) < 4.78 is 23.1. The summed E-state index contributed by atoms with van der Waals surface area (Å²) in [6.07, 6.45) is 1.90. The van der Waals surface area contributed by atoms with Crippen molar-refractivity contribution in [2.75, 3.05) is 6.26 Å². The first kappa shape index (κ1) is 18.2. The van der Waals surface area contributed by atoms with Crippen molar-refractivity contribution in [2.45, 2.75) is 38.1 Å². The zero-order valence-electron chi connectivity index (χ0n) is 14.5. The van der Waals surface area contributed by atoms with Crippen molar-refractivity contribution >= 4 is 15.7 Å². The summed E-state index contributed by atoms with van der Waals surface area (Å²) in [5.41, 5.74) is 3.61. The minimum Gasteiger partial charge on any atom is -0.345 e. The summed E-state index contributed by atoms with van der Waals surface area (Å²) in [7, 11) is -3.22. The summed E-state index contributed by atoms with van der Waals surface area (Å²) in [5.74, 6) is -0.119. The Labute approximate surface area is 143 Å². The van der Waals surface area contributed by atoms with Crippen molar-refractivity contribution < 1.29 is 13.2 Å². The molecule has 0 saturated carbocycles. The number of amides is 1. The third-order valence-corrected chi connectivity index (χ3v) is 5.18. The van der Waals surface area contributed by atoms with Gasteiger partial charge in [0.15, 0.2) is 9.84 Å². The number of rotatable bonds is 5. The van der Waals surface area contributed by atoms with Crippen molar-refractivity contribution in [2.24, 2.45) is 0 Å². The molecule has 1 unspecified atom stereocenters. The van der Waals surface area contributed by atoms with E-state index in [0.29, 0.717) is 5.56 Å². The molecule has 1 atom stereocenters. The normalized spacial score (nSPS) is 12.7. The lowest BCUT2D eigenvalue weighted by Crippen LogP contribution is -2.28. The van der Waals surface area contributed by atoms with Crippen LogP contribution in [-0.4, -0.2) is 20.6 Å². The molecule has 0 aromatic heterocycles. The topological polar surface area (TPSA) is 63.2 Å². The standard InChI is InChI=1S/C19H23NO3S/c1-5-18(15-7-9-16(10-8-15)24(4,22)23)20-19(21)17-11-6-13(2)12-14(17)3/h6-12,18H,5H2,1-4H3,(H,20,21). The van der Waals surface area contributed by atoms with Gasteiger partial charge in [0.1, 0.15) is 0 Å². The number of sulfone groups is 1. The maximum Gasteiger partial charge on any atom is 0.252 e. The molecule has 2 rings (SSSR count). The van der Waals surface area contributed by atoms with Crippen molar-refractivity contribution in [3.8, 4) is 0 Å². The number of hydrogen-bond donors (Lipinski definition) is 1. The van der Waals surface area contributed by atoms with Crippen LogP contribution in [-0.2, 0) is 9.84 Å². The van der Waals surface area contributed by atoms with Gasteiger partial charge in [-0.25, -0.2) is 8.42 Å². The second-order valence-corrected chi connectivity index (χ2v) is 8.11. The Morgan fingerprint density at radius 3 is 2.21 bits per heavy atom. The van der Waals surface area contributed by atoms with Gasteiger partial charge in [0.2, 0.25) is 0 Å². The SMILES string of the molecule is CCC(NC(=O)c1ccc(C)cc1C)c1ccc(S(C)(=O)=O)cc1. The number of aryl methyl sites for hydroxylation is 2. The largest absolute Gasteiger partial charge is 0.345 e. The predicted molar refractivity (Wildman–Crippen MR) is 96.0 cm³/mol. The highest BCUT2D eigenvalue weighted by atomic mass is 32.2. The quantitative estimate of drug-likeness (QED) is 0.901. The van der Waals surface area contributed by atoms with Gasteiger partial charge in [-0.05, 0) is 49.6 Å². The molecule has 1 amide bonds. The van der Waals surface area contributed by atoms with E-state index in [1.807, 2.05) is 39.0 Å². The molecule has 2 aromatic carbocycles. The first-order valence-corrected chi connectivity index (χ1v) is 9.79. The van der Waals surface area contributed by atoms with Gasteiger partial charge < -0.3 is 5.32 Å². The Morgan fingerprint density at radius 1 is 1.08 bits per heavy atom. The zero-order valence-corrected chi connectivity index (χ0v) is 15.3. The van der Waals surface area contributed by atoms with E-state index in [-0.39, 0.29) is 16.8 Å². The highest BCUT2D eigenvalue weighted by Crippen LogP contribution is 2.20. The fraction of sp³-hybridized carbons (Fsp3) is 0.316. The zero-order chi connectivity index (χ0) is 17.9. The smallest absolute Gasteiger partial charge is 0.252 e. The average molecular weight is 345 g/mol. The van der Waals surface area contributed by atoms with E-state index >= 15 is 0 Å². The number of hydrogen-bond acceptors (Lipinski definition) is 3. The molecule has 0 saturated heterocycles. The molecule has 1 N–H and O–H groups in total. The molecule has 0 aliphatic carbocycles. The van der Waals surface area contributed by atoms with Crippen molar-refractivity contribution in [3.63, 3.8) is 0 Å². The lowest BCUT2D eigenvalue weighted by atomic mass is 10.0. The number of carbonyl (C=O) groups excluding carboxylic acids is 1. The molecule has 0 bridgehead atoms. The van der Waals surface area contributed by atoms with Gasteiger partial charge in [0, 0.05) is 11.8 Å². The number of carbonyl (C=O) groups is 1. The van der Waals surface area contributed by atoms with Crippen LogP contribution in [0.1, 0.15) is 46.4 Å². The molecule has 0 fully saturated rings. The van der Waals surface area contributed by atoms with Gasteiger partial charge in [-0.1, -0.05) is 36.8 Å². The maximum absolute atomic E-state index is 12.5. The molecule has 2 aromatic rings. The first-order valence-electron chi connectivity index (χ1n) is 7.90. The molecule has 4 nitrogen and oxygen atoms in total. The Balaban J connectivity index is 2.21. The van der Waals surface area contributed by atoms with Crippen molar-refractivity contribution in [3.05, 3.63) is 64.7 Å². The second-order valence-electron chi connectivity index (χ2n) is 6.09. The second kappa shape index (κ2) is 7.18. The number of nitrogens with one attached hydrogen (secondary N) is 1. The van der Waals surface area contributed by atoms with Gasteiger partial charge in [-0.3, -0.25) is 4.79 Å². The molecular formula is C19H23NO3S. The molecule has 128 valence electrons. The summed E-state index contributed by atoms with van der Waals surface area (Å²) in [4.78, 5) is 12.8. The van der Waals surface area contributed by atoms with E-state index in [0.717, 1.165) is 23.1 Å². The van der Waals surface area contributed by atoms with Crippen LogP contribution in [0.5, 0.6) is 0 Å². The summed E-state index contributed by atoms with van der Waals surface area (Å²) in [6, 6.07) is 12.2. The Bertz CT molecular complexity index is 839. The summed E-state index contributed by atoms with van der Waals surface area (Å²) in [6.45, 7) is 5.90. The van der Waals surface area contributed by atoms with Crippen LogP contribution < -0.4 is 5.32 Å². The summed E-state index contributed by atoms with van der Waals surface area (Å²) in [5, 5.41) is 3.03. The van der Waals surface area contributed by atoms with E-state index in [2.05, 4.69) is 5.32 Å². The molecule has 0 aliphatic heterocycles. The third kappa shape index (κ3) is 4.23. The van der Waals surface area contributed by atoms with Crippen LogP contribution in [0.2, 0.25) is 0 Å². The molecule has 5 heteroatoms. The monoisotopic (exact) mass is 345 g/mol. The van der Waals surface area contributed by atoms with Crippen LogP contribution in [0, 0.1) is 13.8 Å². The van der Waals surface area contributed by atoms with Gasteiger partial charge in [-0.15, -0.1) is 0 Å². The fourth-order valence-corrected chi connectivity index (χ4v) is 3.30. The van der Waals surface area contributed by atoms with Crippen LogP contribution in [0.25, 0.3) is 0 Å². The lowest BCUT2D eigenvalue weighted by Gasteiger charge is -2.18. The highest BCUT2D eigenvalue weighted by molar-refractivity contribution is 7.90. The van der Waals surface area contributed by atoms with E-state index in [1.165, 1.54) is 6.26 Å². The van der Waals surface area contributed by atoms with Gasteiger partial charge in [0.05, 0.1) is 10.9 Å². The molecule has 0 radical (unpaired) electrons. The molecule has 0 aliphatic rings. The van der Waals surface area contributed by atoms with E-state index in [4.69, 9.17) is 0 Å². The summed E-state index contributed by atoms with van der Waals surface area (Å²) >= 11 is 0. The minimum atomic E-state index is -3.22. The van der Waals surface area contributed by atoms with E-state index in [9.17, 15) is 13.2 Å². The fourth-order valence-electron chi connectivity index (χ4n) is 2.67. The van der Waals surface area contributed by atoms with Crippen LogP contribution in [0.4, 0.5) is 0 Å². The van der Waals surface area contributed by atoms with E-state index < -0.39 is 9.84 Å². The van der Waals surface area contributed by atoms with Gasteiger partial charge >= 0.3 is 0 Å². The van der Waals surface area contributed by atoms with Crippen LogP contribution in [0.15, 0.2) is 47.4 Å². The lowest BCUT2D eigenvalue weighted by molar-refractivity contribution is 0.0935. The molecule has 24 heavy (non-hydrogen) atoms. The van der Waals surface area contributed by atoms with Gasteiger partial charge in [0.25, 0.3) is 5.91 Å². The van der Waals surface area contributed by atoms with Crippen molar-refractivity contribution in [1.82, 2.24) is 5.32 Å². The number of benzene rings is 2. The minimum absolute atomic E-state index is 0.119. The van der Waals surface area contributed by atoms with E-state index in [1.54, 1.807) is 24.3 Å². The van der Waals surface area contributed by atoms with Gasteiger partial charge in [-0.2, -0.15) is 0 Å².